The molecule has 0 bridgehead atoms. The first-order valence-corrected chi connectivity index (χ1v) is 13.7. The topological polar surface area (TPSA) is 220 Å². The van der Waals surface area contributed by atoms with Gasteiger partial charge >= 0.3 is 0 Å². The van der Waals surface area contributed by atoms with Crippen molar-refractivity contribution in [1.82, 2.24) is 36.4 Å². The first-order chi connectivity index (χ1) is 19.8. The van der Waals surface area contributed by atoms with Crippen LogP contribution in [0.5, 0.6) is 0 Å². The van der Waals surface area contributed by atoms with E-state index < -0.39 is 36.1 Å². The molecule has 0 aromatic heterocycles. The largest absolute Gasteiger partial charge is 0.354 e. The average Bonchev–Trinajstić information content (AvgIpc) is 3.19. The van der Waals surface area contributed by atoms with Gasteiger partial charge in [0.25, 0.3) is 0 Å². The third-order valence-corrected chi connectivity index (χ3v) is 6.28. The fraction of sp³-hybridized carbons (Fsp3) is 0.654. The van der Waals surface area contributed by atoms with Crippen LogP contribution in [0.4, 0.5) is 0 Å². The fourth-order valence-electron chi connectivity index (χ4n) is 3.82. The van der Waals surface area contributed by atoms with E-state index in [4.69, 9.17) is 0 Å². The van der Waals surface area contributed by atoms with Crippen LogP contribution in [0.15, 0.2) is 0 Å². The van der Waals surface area contributed by atoms with Crippen LogP contribution in [0.2, 0.25) is 0 Å². The number of nitrogens with one attached hydrogen (secondary N) is 5. The molecule has 0 radical (unpaired) electrons. The number of rotatable bonds is 19. The van der Waals surface area contributed by atoms with Gasteiger partial charge in [0, 0.05) is 70.7 Å². The summed E-state index contributed by atoms with van der Waals surface area (Å²) in [4.78, 5) is 108. The van der Waals surface area contributed by atoms with Crippen LogP contribution in [0.3, 0.4) is 0 Å². The second-order valence-corrected chi connectivity index (χ2v) is 9.94. The van der Waals surface area contributed by atoms with Crippen LogP contribution < -0.4 is 26.6 Å². The quantitative estimate of drug-likeness (QED) is 0.0749. The Bertz CT molecular complexity index is 1030. The zero-order valence-electron chi connectivity index (χ0n) is 24.3. The van der Waals surface area contributed by atoms with Crippen molar-refractivity contribution in [3.63, 3.8) is 0 Å². The summed E-state index contributed by atoms with van der Waals surface area (Å²) in [6.07, 6.45) is 1.36. The lowest BCUT2D eigenvalue weighted by Crippen LogP contribution is -2.44. The van der Waals surface area contributed by atoms with E-state index in [2.05, 4.69) is 26.6 Å². The summed E-state index contributed by atoms with van der Waals surface area (Å²) in [5.74, 6) is -4.12. The molecule has 1 aliphatic rings. The summed E-state index contributed by atoms with van der Waals surface area (Å²) in [5, 5.41) is 12.0. The Morgan fingerprint density at radius 1 is 0.857 bits per heavy atom. The maximum atomic E-state index is 12.0. The second-order valence-electron chi connectivity index (χ2n) is 9.94. The number of carbonyl (C=O) groups excluding carboxylic acids is 9. The maximum absolute atomic E-state index is 12.0. The van der Waals surface area contributed by atoms with Crippen LogP contribution >= 0.6 is 0 Å². The Labute approximate surface area is 244 Å². The zero-order valence-corrected chi connectivity index (χ0v) is 24.3. The normalized spacial score (nSPS) is 14.9. The molecular weight excluding hydrogens is 554 g/mol. The Hall–Kier alpha value is -4.37. The maximum Gasteiger partial charge on any atom is 0.239 e. The zero-order chi connectivity index (χ0) is 31.7. The molecule has 16 nitrogen and oxygen atoms in total. The fourth-order valence-corrected chi connectivity index (χ4v) is 3.82. The molecule has 0 aromatic rings. The Morgan fingerprint density at radius 3 is 1.93 bits per heavy atom. The molecule has 1 saturated heterocycles. The van der Waals surface area contributed by atoms with Gasteiger partial charge in [-0.25, -0.2) is 0 Å². The highest BCUT2D eigenvalue weighted by Gasteiger charge is 2.34. The molecule has 1 heterocycles. The van der Waals surface area contributed by atoms with Crippen molar-refractivity contribution >= 4 is 53.5 Å². The smallest absolute Gasteiger partial charge is 0.239 e. The van der Waals surface area contributed by atoms with Crippen LogP contribution in [0, 0.1) is 11.8 Å². The molecule has 16 heteroatoms. The summed E-state index contributed by atoms with van der Waals surface area (Å²) in [7, 11) is 1.58. The van der Waals surface area contributed by atoms with E-state index in [0.717, 1.165) is 4.90 Å². The van der Waals surface area contributed by atoms with Crippen molar-refractivity contribution in [1.29, 1.82) is 0 Å². The Morgan fingerprint density at radius 2 is 1.38 bits per heavy atom. The third kappa shape index (κ3) is 13.8. The van der Waals surface area contributed by atoms with Crippen molar-refractivity contribution in [2.75, 3.05) is 52.9 Å². The molecule has 234 valence electrons. The number of nitrogens with zero attached hydrogens (tertiary/aromatic N) is 2. The number of aldehydes is 1. The van der Waals surface area contributed by atoms with E-state index >= 15 is 0 Å². The molecule has 8 amide bonds. The molecule has 0 spiro atoms. The van der Waals surface area contributed by atoms with E-state index in [-0.39, 0.29) is 88.0 Å². The monoisotopic (exact) mass is 595 g/mol. The summed E-state index contributed by atoms with van der Waals surface area (Å²) >= 11 is 0. The summed E-state index contributed by atoms with van der Waals surface area (Å²) in [6.45, 7) is 2.66. The van der Waals surface area contributed by atoms with E-state index in [1.807, 2.05) is 0 Å². The summed E-state index contributed by atoms with van der Waals surface area (Å²) < 4.78 is 0. The molecular formula is C26H41N7O9. The molecule has 0 aliphatic carbocycles. The standard InChI is InChI=1S/C26H41N7O9/c1-17(7-12-34)25(41)32(3)10-4-5-19(35)29-15-22(38)31-16-23(39)30-14-21(37)27-8-6-20(36)28-9-11-33-24(40)13-18(2)26(33)42/h12,17-18H,4-11,13-16H2,1-3H3,(H,27,37)(H,28,36)(H,29,35)(H,30,39)(H,31,38). The minimum Gasteiger partial charge on any atom is -0.354 e. The van der Waals surface area contributed by atoms with Crippen LogP contribution in [0.25, 0.3) is 0 Å². The van der Waals surface area contributed by atoms with E-state index in [1.54, 1.807) is 20.9 Å². The van der Waals surface area contributed by atoms with Crippen LogP contribution in [-0.4, -0.2) is 116 Å². The summed E-state index contributed by atoms with van der Waals surface area (Å²) in [5.41, 5.74) is 0. The van der Waals surface area contributed by atoms with Crippen molar-refractivity contribution in [2.24, 2.45) is 11.8 Å². The number of hydrogen-bond donors (Lipinski definition) is 5. The van der Waals surface area contributed by atoms with Crippen molar-refractivity contribution < 1.29 is 43.2 Å². The lowest BCUT2D eigenvalue weighted by Gasteiger charge is -2.20. The van der Waals surface area contributed by atoms with E-state index in [9.17, 15) is 43.2 Å². The first kappa shape index (κ1) is 35.7. The minimum absolute atomic E-state index is 0.00145. The molecule has 2 unspecified atom stereocenters. The third-order valence-electron chi connectivity index (χ3n) is 6.28. The number of hydrogen-bond acceptors (Lipinski definition) is 9. The molecule has 1 fully saturated rings. The van der Waals surface area contributed by atoms with Gasteiger partial charge < -0.3 is 36.3 Å². The molecule has 42 heavy (non-hydrogen) atoms. The first-order valence-electron chi connectivity index (χ1n) is 13.7. The SMILES string of the molecule is CC(CC=O)C(=O)N(C)CCCC(=O)NCC(=O)NCC(=O)NCC(=O)NCCC(=O)NCCN1C(=O)CC(C)C1=O. The number of likely N-dealkylation sites (tertiary alicyclic amines) is 1. The van der Waals surface area contributed by atoms with Crippen molar-refractivity contribution in [3.05, 3.63) is 0 Å². The van der Waals surface area contributed by atoms with Gasteiger partial charge in [-0.15, -0.1) is 0 Å². The summed E-state index contributed by atoms with van der Waals surface area (Å²) in [6, 6.07) is 0. The minimum atomic E-state index is -0.639. The highest BCUT2D eigenvalue weighted by Crippen LogP contribution is 2.17. The molecule has 0 saturated carbocycles. The second kappa shape index (κ2) is 18.9. The van der Waals surface area contributed by atoms with E-state index in [1.165, 1.54) is 4.90 Å². The lowest BCUT2D eigenvalue weighted by atomic mass is 10.1. The Balaban J connectivity index is 2.09. The molecule has 0 aromatic carbocycles. The van der Waals surface area contributed by atoms with Crippen LogP contribution in [0.1, 0.15) is 46.0 Å². The Kier molecular flexibility index (Phi) is 16.0. The molecule has 2 atom stereocenters. The van der Waals surface area contributed by atoms with Gasteiger partial charge in [0.1, 0.15) is 6.29 Å². The predicted molar refractivity (Wildman–Crippen MR) is 147 cm³/mol. The molecule has 1 aliphatic heterocycles. The van der Waals surface area contributed by atoms with E-state index in [0.29, 0.717) is 19.3 Å². The number of carbonyl (C=O) groups is 9. The van der Waals surface area contributed by atoms with Gasteiger partial charge in [-0.2, -0.15) is 0 Å². The van der Waals surface area contributed by atoms with Gasteiger partial charge in [-0.1, -0.05) is 13.8 Å². The highest BCUT2D eigenvalue weighted by atomic mass is 16.2. The van der Waals surface area contributed by atoms with Gasteiger partial charge in [0.2, 0.25) is 47.3 Å². The van der Waals surface area contributed by atoms with Crippen LogP contribution in [-0.2, 0) is 43.2 Å². The average molecular weight is 596 g/mol. The predicted octanol–water partition coefficient (Wildman–Crippen LogP) is -3.18. The van der Waals surface area contributed by atoms with Gasteiger partial charge in [0.15, 0.2) is 0 Å². The van der Waals surface area contributed by atoms with Gasteiger partial charge in [-0.05, 0) is 6.42 Å². The number of amides is 8. The molecule has 1 rings (SSSR count). The molecule has 5 N–H and O–H groups in total. The van der Waals surface area contributed by atoms with Gasteiger partial charge in [0.05, 0.1) is 19.6 Å². The lowest BCUT2D eigenvalue weighted by molar-refractivity contribution is -0.139. The highest BCUT2D eigenvalue weighted by molar-refractivity contribution is 6.03. The number of imide groups is 1. The van der Waals surface area contributed by atoms with Gasteiger partial charge in [-0.3, -0.25) is 43.3 Å². The van der Waals surface area contributed by atoms with Crippen molar-refractivity contribution in [2.45, 2.75) is 46.0 Å². The van der Waals surface area contributed by atoms with Crippen molar-refractivity contribution in [3.8, 4) is 0 Å².